The van der Waals surface area contributed by atoms with Gasteiger partial charge in [-0.05, 0) is 25.2 Å². The summed E-state index contributed by atoms with van der Waals surface area (Å²) in [5.74, 6) is -0.200. The molecule has 1 aliphatic rings. The molecule has 1 amide bonds. The van der Waals surface area contributed by atoms with Gasteiger partial charge in [0.2, 0.25) is 0 Å². The molecule has 6 nitrogen and oxygen atoms in total. The Kier molecular flexibility index (Phi) is 4.24. The molecule has 1 unspecified atom stereocenters. The largest absolute Gasteiger partial charge is 0.399 e. The lowest BCUT2D eigenvalue weighted by Gasteiger charge is -2.30. The Balaban J connectivity index is 1.90. The van der Waals surface area contributed by atoms with Crippen molar-refractivity contribution in [1.82, 2.24) is 10.2 Å². The van der Waals surface area contributed by atoms with Crippen LogP contribution < -0.4 is 16.8 Å². The van der Waals surface area contributed by atoms with Gasteiger partial charge in [-0.25, -0.2) is 0 Å². The Morgan fingerprint density at radius 1 is 1.53 bits per heavy atom. The van der Waals surface area contributed by atoms with E-state index in [4.69, 9.17) is 16.2 Å². The van der Waals surface area contributed by atoms with Crippen LogP contribution in [0.15, 0.2) is 18.2 Å². The summed E-state index contributed by atoms with van der Waals surface area (Å²) >= 11 is 0. The monoisotopic (exact) mass is 264 g/mol. The molecule has 104 valence electrons. The number of hydrogen-bond acceptors (Lipinski definition) is 5. The number of rotatable bonds is 3. The zero-order valence-electron chi connectivity index (χ0n) is 11.1. The van der Waals surface area contributed by atoms with Crippen molar-refractivity contribution in [3.05, 3.63) is 23.8 Å². The Hall–Kier alpha value is -1.79. The molecule has 1 heterocycles. The van der Waals surface area contributed by atoms with Crippen LogP contribution in [0.1, 0.15) is 10.4 Å². The van der Waals surface area contributed by atoms with E-state index in [0.29, 0.717) is 30.1 Å². The van der Waals surface area contributed by atoms with Crippen molar-refractivity contribution in [2.75, 3.05) is 44.8 Å². The lowest BCUT2D eigenvalue weighted by atomic mass is 10.1. The summed E-state index contributed by atoms with van der Waals surface area (Å²) in [4.78, 5) is 14.2. The molecule has 1 aromatic carbocycles. The van der Waals surface area contributed by atoms with E-state index in [2.05, 4.69) is 10.2 Å². The molecule has 5 N–H and O–H groups in total. The molecule has 1 atom stereocenters. The predicted molar refractivity (Wildman–Crippen MR) is 74.8 cm³/mol. The summed E-state index contributed by atoms with van der Waals surface area (Å²) in [6.07, 6.45) is 0.0257. The van der Waals surface area contributed by atoms with Gasteiger partial charge in [-0.2, -0.15) is 0 Å². The first-order chi connectivity index (χ1) is 9.06. The maximum atomic E-state index is 12.0. The van der Waals surface area contributed by atoms with Crippen LogP contribution in [0, 0.1) is 0 Å². The summed E-state index contributed by atoms with van der Waals surface area (Å²) in [6, 6.07) is 4.88. The summed E-state index contributed by atoms with van der Waals surface area (Å²) < 4.78 is 5.58. The van der Waals surface area contributed by atoms with Crippen LogP contribution in [-0.4, -0.2) is 50.2 Å². The maximum absolute atomic E-state index is 12.0. The average molecular weight is 264 g/mol. The third kappa shape index (κ3) is 3.59. The topological polar surface area (TPSA) is 93.6 Å². The van der Waals surface area contributed by atoms with Crippen LogP contribution in [0.25, 0.3) is 0 Å². The highest BCUT2D eigenvalue weighted by atomic mass is 16.5. The molecule has 0 radical (unpaired) electrons. The van der Waals surface area contributed by atoms with E-state index in [1.54, 1.807) is 18.2 Å². The molecular weight excluding hydrogens is 244 g/mol. The highest BCUT2D eigenvalue weighted by Crippen LogP contribution is 2.15. The van der Waals surface area contributed by atoms with E-state index in [1.165, 1.54) is 0 Å². The number of morpholine rings is 1. The number of anilines is 2. The lowest BCUT2D eigenvalue weighted by Crippen LogP contribution is -2.46. The van der Waals surface area contributed by atoms with Crippen molar-refractivity contribution in [1.29, 1.82) is 0 Å². The van der Waals surface area contributed by atoms with Gasteiger partial charge in [-0.3, -0.25) is 4.79 Å². The molecule has 0 spiro atoms. The van der Waals surface area contributed by atoms with Crippen molar-refractivity contribution >= 4 is 17.3 Å². The molecule has 19 heavy (non-hydrogen) atoms. The Bertz CT molecular complexity index is 464. The highest BCUT2D eigenvalue weighted by molar-refractivity contribution is 5.99. The SMILES string of the molecule is CN1CCOC(CNC(=O)c2ccc(N)cc2N)C1. The Morgan fingerprint density at radius 2 is 2.32 bits per heavy atom. The molecule has 0 saturated carbocycles. The average Bonchev–Trinajstić information content (AvgIpc) is 2.36. The van der Waals surface area contributed by atoms with Crippen molar-refractivity contribution < 1.29 is 9.53 Å². The van der Waals surface area contributed by atoms with Crippen LogP contribution in [0.5, 0.6) is 0 Å². The number of nitrogens with one attached hydrogen (secondary N) is 1. The second-order valence-electron chi connectivity index (χ2n) is 4.81. The van der Waals surface area contributed by atoms with Crippen LogP contribution in [0.4, 0.5) is 11.4 Å². The second-order valence-corrected chi connectivity index (χ2v) is 4.81. The predicted octanol–water partition coefficient (Wildman–Crippen LogP) is -0.0886. The van der Waals surface area contributed by atoms with Crippen LogP contribution >= 0.6 is 0 Å². The Morgan fingerprint density at radius 3 is 3.00 bits per heavy atom. The first-order valence-corrected chi connectivity index (χ1v) is 6.29. The van der Waals surface area contributed by atoms with Crippen LogP contribution in [-0.2, 0) is 4.74 Å². The van der Waals surface area contributed by atoms with Crippen molar-refractivity contribution in [3.8, 4) is 0 Å². The number of nitrogen functional groups attached to an aromatic ring is 2. The molecule has 0 bridgehead atoms. The van der Waals surface area contributed by atoms with Gasteiger partial charge in [0.05, 0.1) is 18.3 Å². The minimum Gasteiger partial charge on any atom is -0.399 e. The van der Waals surface area contributed by atoms with Crippen molar-refractivity contribution in [3.63, 3.8) is 0 Å². The zero-order chi connectivity index (χ0) is 13.8. The zero-order valence-corrected chi connectivity index (χ0v) is 11.1. The van der Waals surface area contributed by atoms with Gasteiger partial charge in [0, 0.05) is 31.0 Å². The molecule has 1 aromatic rings. The lowest BCUT2D eigenvalue weighted by molar-refractivity contribution is -0.0174. The second kappa shape index (κ2) is 5.90. The minimum absolute atomic E-state index is 0.0257. The summed E-state index contributed by atoms with van der Waals surface area (Å²) in [7, 11) is 2.04. The van der Waals surface area contributed by atoms with Crippen molar-refractivity contribution in [2.24, 2.45) is 0 Å². The quantitative estimate of drug-likeness (QED) is 0.663. The van der Waals surface area contributed by atoms with Crippen LogP contribution in [0.2, 0.25) is 0 Å². The fraction of sp³-hybridized carbons (Fsp3) is 0.462. The fourth-order valence-electron chi connectivity index (χ4n) is 2.08. The first-order valence-electron chi connectivity index (χ1n) is 6.29. The van der Waals surface area contributed by atoms with E-state index in [-0.39, 0.29) is 12.0 Å². The number of likely N-dealkylation sites (N-methyl/N-ethyl adjacent to an activating group) is 1. The van der Waals surface area contributed by atoms with Gasteiger partial charge in [0.1, 0.15) is 0 Å². The van der Waals surface area contributed by atoms with Gasteiger partial charge < -0.3 is 26.4 Å². The van der Waals surface area contributed by atoms with Gasteiger partial charge in [-0.1, -0.05) is 0 Å². The van der Waals surface area contributed by atoms with Crippen LogP contribution in [0.3, 0.4) is 0 Å². The van der Waals surface area contributed by atoms with Gasteiger partial charge in [0.15, 0.2) is 0 Å². The summed E-state index contributed by atoms with van der Waals surface area (Å²) in [5.41, 5.74) is 12.7. The number of benzene rings is 1. The minimum atomic E-state index is -0.200. The smallest absolute Gasteiger partial charge is 0.253 e. The molecule has 0 aliphatic carbocycles. The third-order valence-corrected chi connectivity index (χ3v) is 3.15. The molecule has 0 aromatic heterocycles. The van der Waals surface area contributed by atoms with E-state index >= 15 is 0 Å². The van der Waals surface area contributed by atoms with Gasteiger partial charge >= 0.3 is 0 Å². The van der Waals surface area contributed by atoms with Gasteiger partial charge in [-0.15, -0.1) is 0 Å². The Labute approximate surface area is 112 Å². The standard InChI is InChI=1S/C13H20N4O2/c1-17-4-5-19-10(8-17)7-16-13(18)11-3-2-9(14)6-12(11)15/h2-3,6,10H,4-5,7-8,14-15H2,1H3,(H,16,18). The molecule has 1 aliphatic heterocycles. The fourth-order valence-corrected chi connectivity index (χ4v) is 2.08. The van der Waals surface area contributed by atoms with E-state index in [9.17, 15) is 4.79 Å². The first kappa shape index (κ1) is 13.6. The number of carbonyl (C=O) groups is 1. The molecule has 1 fully saturated rings. The van der Waals surface area contributed by atoms with Crippen molar-refractivity contribution in [2.45, 2.75) is 6.10 Å². The molecule has 2 rings (SSSR count). The maximum Gasteiger partial charge on any atom is 0.253 e. The highest BCUT2D eigenvalue weighted by Gasteiger charge is 2.19. The molecule has 1 saturated heterocycles. The van der Waals surface area contributed by atoms with E-state index in [1.807, 2.05) is 7.05 Å². The molecule has 6 heteroatoms. The third-order valence-electron chi connectivity index (χ3n) is 3.15. The summed E-state index contributed by atoms with van der Waals surface area (Å²) in [6.45, 7) is 2.92. The number of hydrogen-bond donors (Lipinski definition) is 3. The number of ether oxygens (including phenoxy) is 1. The molecular formula is C13H20N4O2. The number of amides is 1. The number of nitrogens with zero attached hydrogens (tertiary/aromatic N) is 1. The van der Waals surface area contributed by atoms with Gasteiger partial charge in [0.25, 0.3) is 5.91 Å². The number of carbonyl (C=O) groups excluding carboxylic acids is 1. The normalized spacial score (nSPS) is 20.2. The van der Waals surface area contributed by atoms with E-state index in [0.717, 1.165) is 13.1 Å². The van der Waals surface area contributed by atoms with E-state index < -0.39 is 0 Å². The summed E-state index contributed by atoms with van der Waals surface area (Å²) in [5, 5.41) is 2.84. The number of nitrogens with two attached hydrogens (primary N) is 2.